The second-order valence-corrected chi connectivity index (χ2v) is 8.51. The number of hydroxylamine groups is 2. The van der Waals surface area contributed by atoms with Crippen LogP contribution in [-0.4, -0.2) is 22.6 Å². The highest BCUT2D eigenvalue weighted by Gasteiger charge is 2.37. The Balaban J connectivity index is 1.37. The number of rotatable bonds is 4. The predicted octanol–water partition coefficient (Wildman–Crippen LogP) is 4.79. The molecule has 0 bridgehead atoms. The molecule has 0 radical (unpaired) electrons. The van der Waals surface area contributed by atoms with Crippen molar-refractivity contribution < 1.29 is 18.4 Å². The van der Waals surface area contributed by atoms with Crippen LogP contribution in [0.3, 0.4) is 0 Å². The average molecular weight is 425 g/mol. The van der Waals surface area contributed by atoms with Crippen LogP contribution in [0.25, 0.3) is 0 Å². The molecule has 1 aliphatic heterocycles. The van der Waals surface area contributed by atoms with E-state index in [1.807, 2.05) is 19.2 Å². The summed E-state index contributed by atoms with van der Waals surface area (Å²) in [5.41, 5.74) is 2.82. The Hall–Kier alpha value is -2.85. The Bertz CT molecular complexity index is 992. The summed E-state index contributed by atoms with van der Waals surface area (Å²) < 4.78 is 27.3. The van der Waals surface area contributed by atoms with Crippen molar-refractivity contribution in [3.05, 3.63) is 64.5 Å². The highest BCUT2D eigenvalue weighted by atomic mass is 19.1. The van der Waals surface area contributed by atoms with E-state index in [-0.39, 0.29) is 11.8 Å². The lowest BCUT2D eigenvalue weighted by Gasteiger charge is -2.32. The fourth-order valence-electron chi connectivity index (χ4n) is 4.68. The lowest BCUT2D eigenvalue weighted by Crippen LogP contribution is -2.36. The maximum absolute atomic E-state index is 13.6. The first-order chi connectivity index (χ1) is 14.9. The number of halogens is 2. The van der Waals surface area contributed by atoms with Gasteiger partial charge in [-0.05, 0) is 74.3 Å². The number of benzene rings is 1. The molecule has 2 fully saturated rings. The number of amides is 1. The molecule has 1 saturated carbocycles. The Labute approximate surface area is 180 Å². The van der Waals surface area contributed by atoms with Crippen LogP contribution >= 0.6 is 0 Å². The van der Waals surface area contributed by atoms with Gasteiger partial charge in [0.05, 0.1) is 23.9 Å². The summed E-state index contributed by atoms with van der Waals surface area (Å²) in [7, 11) is 0. The van der Waals surface area contributed by atoms with Gasteiger partial charge in [0.25, 0.3) is 0 Å². The molecule has 162 valence electrons. The molecule has 0 unspecified atom stereocenters. The van der Waals surface area contributed by atoms with E-state index in [1.54, 1.807) is 0 Å². The average Bonchev–Trinajstić information content (AvgIpc) is 3.24. The number of carbonyl (C=O) groups is 1. The Morgan fingerprint density at radius 2 is 1.87 bits per heavy atom. The number of nitrogens with zero attached hydrogens (tertiary/aromatic N) is 3. The number of hydrogen-bond donors (Lipinski definition) is 0. The van der Waals surface area contributed by atoms with Gasteiger partial charge in [0.1, 0.15) is 17.7 Å². The van der Waals surface area contributed by atoms with Gasteiger partial charge in [-0.15, -0.1) is 0 Å². The summed E-state index contributed by atoms with van der Waals surface area (Å²) in [6.07, 6.45) is 6.49. The Morgan fingerprint density at radius 3 is 2.55 bits per heavy atom. The molecular formula is C24H25F2N3O2. The first-order valence-corrected chi connectivity index (χ1v) is 10.7. The molecule has 0 N–H and O–H groups in total. The third-order valence-electron chi connectivity index (χ3n) is 6.38. The number of hydrogen-bond acceptors (Lipinski definition) is 4. The van der Waals surface area contributed by atoms with Crippen molar-refractivity contribution in [3.63, 3.8) is 0 Å². The second kappa shape index (κ2) is 9.11. The lowest BCUT2D eigenvalue weighted by atomic mass is 9.79. The normalized spacial score (nSPS) is 23.5. The van der Waals surface area contributed by atoms with Crippen LogP contribution in [-0.2, 0) is 16.1 Å². The first kappa shape index (κ1) is 21.4. The highest BCUT2D eigenvalue weighted by molar-refractivity contribution is 5.78. The van der Waals surface area contributed by atoms with Gasteiger partial charge in [0.2, 0.25) is 5.91 Å². The van der Waals surface area contributed by atoms with E-state index in [0.717, 1.165) is 49.4 Å². The molecule has 1 atom stereocenters. The van der Waals surface area contributed by atoms with E-state index in [1.165, 1.54) is 17.2 Å². The molecule has 1 saturated heterocycles. The van der Waals surface area contributed by atoms with Gasteiger partial charge in [0.15, 0.2) is 0 Å². The fourth-order valence-corrected chi connectivity index (χ4v) is 4.68. The lowest BCUT2D eigenvalue weighted by molar-refractivity contribution is -0.183. The molecule has 2 heterocycles. The molecule has 2 aromatic rings. The molecule has 5 nitrogen and oxygen atoms in total. The molecule has 4 rings (SSSR count). The molecule has 0 spiro atoms. The highest BCUT2D eigenvalue weighted by Crippen LogP contribution is 2.37. The summed E-state index contributed by atoms with van der Waals surface area (Å²) in [6.45, 7) is 2.18. The molecule has 2 aliphatic rings. The van der Waals surface area contributed by atoms with E-state index in [0.29, 0.717) is 30.1 Å². The molecule has 7 heteroatoms. The van der Waals surface area contributed by atoms with Gasteiger partial charge in [-0.3, -0.25) is 14.6 Å². The summed E-state index contributed by atoms with van der Waals surface area (Å²) in [5, 5.41) is 10.5. The van der Waals surface area contributed by atoms with Gasteiger partial charge in [-0.2, -0.15) is 5.26 Å². The monoisotopic (exact) mass is 425 g/mol. The van der Waals surface area contributed by atoms with Crippen LogP contribution in [0, 0.1) is 41.7 Å². The number of nitriles is 1. The van der Waals surface area contributed by atoms with Crippen LogP contribution in [0.5, 0.6) is 0 Å². The topological polar surface area (TPSA) is 66.2 Å². The standard InChI is InChI=1S/C24H25F2N3O2/c1-15-20(13-27)9-17(14-28-15)8-16-2-4-18(5-3-16)24(30)29-23(6-7-31-29)19-10-21(25)12-22(26)11-19/h9-12,14,16,18,23H,2-8H2,1H3/t16-,18-,23-/m0/s1. The van der Waals surface area contributed by atoms with Gasteiger partial charge in [-0.1, -0.05) is 0 Å². The van der Waals surface area contributed by atoms with Crippen LogP contribution in [0.2, 0.25) is 0 Å². The Kier molecular flexibility index (Phi) is 6.28. The van der Waals surface area contributed by atoms with Crippen molar-refractivity contribution in [2.24, 2.45) is 11.8 Å². The first-order valence-electron chi connectivity index (χ1n) is 10.7. The van der Waals surface area contributed by atoms with E-state index >= 15 is 0 Å². The van der Waals surface area contributed by atoms with Crippen LogP contribution < -0.4 is 0 Å². The largest absolute Gasteiger partial charge is 0.272 e. The van der Waals surface area contributed by atoms with Crippen molar-refractivity contribution in [2.75, 3.05) is 6.61 Å². The van der Waals surface area contributed by atoms with Gasteiger partial charge in [0, 0.05) is 24.6 Å². The Morgan fingerprint density at radius 1 is 1.16 bits per heavy atom. The third-order valence-corrected chi connectivity index (χ3v) is 6.38. The van der Waals surface area contributed by atoms with Crippen LogP contribution in [0.1, 0.15) is 60.5 Å². The maximum Gasteiger partial charge on any atom is 0.249 e. The third kappa shape index (κ3) is 4.75. The molecule has 1 amide bonds. The number of carbonyl (C=O) groups excluding carboxylic acids is 1. The zero-order valence-corrected chi connectivity index (χ0v) is 17.5. The summed E-state index contributed by atoms with van der Waals surface area (Å²) >= 11 is 0. The maximum atomic E-state index is 13.6. The van der Waals surface area contributed by atoms with Gasteiger partial charge < -0.3 is 0 Å². The van der Waals surface area contributed by atoms with E-state index in [9.17, 15) is 18.8 Å². The number of aryl methyl sites for hydroxylation is 1. The van der Waals surface area contributed by atoms with E-state index in [4.69, 9.17) is 4.84 Å². The van der Waals surface area contributed by atoms with Crippen molar-refractivity contribution in [3.8, 4) is 6.07 Å². The van der Waals surface area contributed by atoms with Gasteiger partial charge >= 0.3 is 0 Å². The molecule has 1 aromatic heterocycles. The number of aromatic nitrogens is 1. The number of pyridine rings is 1. The van der Waals surface area contributed by atoms with E-state index in [2.05, 4.69) is 11.1 Å². The fraction of sp³-hybridized carbons (Fsp3) is 0.458. The van der Waals surface area contributed by atoms with E-state index < -0.39 is 17.7 Å². The summed E-state index contributed by atoms with van der Waals surface area (Å²) in [4.78, 5) is 23.0. The minimum Gasteiger partial charge on any atom is -0.272 e. The molecule has 31 heavy (non-hydrogen) atoms. The molecule has 1 aromatic carbocycles. The smallest absolute Gasteiger partial charge is 0.249 e. The predicted molar refractivity (Wildman–Crippen MR) is 109 cm³/mol. The SMILES string of the molecule is Cc1ncc(C[C@H]2CC[C@H](C(=O)N3OCC[C@H]3c3cc(F)cc(F)c3)CC2)cc1C#N. The minimum atomic E-state index is -0.653. The quantitative estimate of drug-likeness (QED) is 0.706. The minimum absolute atomic E-state index is 0.102. The summed E-state index contributed by atoms with van der Waals surface area (Å²) in [5.74, 6) is -1.12. The van der Waals surface area contributed by atoms with Crippen LogP contribution in [0.15, 0.2) is 30.5 Å². The molecular weight excluding hydrogens is 400 g/mol. The van der Waals surface area contributed by atoms with Gasteiger partial charge in [-0.25, -0.2) is 13.8 Å². The van der Waals surface area contributed by atoms with Crippen molar-refractivity contribution in [1.82, 2.24) is 10.0 Å². The zero-order valence-electron chi connectivity index (χ0n) is 17.5. The summed E-state index contributed by atoms with van der Waals surface area (Å²) in [6, 6.07) is 6.99. The zero-order chi connectivity index (χ0) is 22.0. The van der Waals surface area contributed by atoms with Crippen molar-refractivity contribution in [2.45, 2.75) is 51.5 Å². The second-order valence-electron chi connectivity index (χ2n) is 8.51. The molecule has 1 aliphatic carbocycles. The van der Waals surface area contributed by atoms with Crippen molar-refractivity contribution >= 4 is 5.91 Å². The van der Waals surface area contributed by atoms with Crippen LogP contribution in [0.4, 0.5) is 8.78 Å². The van der Waals surface area contributed by atoms with Crippen molar-refractivity contribution in [1.29, 1.82) is 5.26 Å².